The average Bonchev–Trinajstić information content (AvgIpc) is 2.41. The number of benzene rings is 2. The molecule has 3 heteroatoms. The molecule has 0 unspecified atom stereocenters. The maximum atomic E-state index is 11.8. The molecule has 0 aliphatic carbocycles. The first kappa shape index (κ1) is 14.1. The molecule has 0 spiro atoms. The highest BCUT2D eigenvalue weighted by molar-refractivity contribution is 5.79. The molecule has 104 valence electrons. The summed E-state index contributed by atoms with van der Waals surface area (Å²) in [6, 6.07) is 15.2. The van der Waals surface area contributed by atoms with Gasteiger partial charge in [-0.25, -0.2) is 0 Å². The Morgan fingerprint density at radius 1 is 1.15 bits per heavy atom. The smallest absolute Gasteiger partial charge is 0.224 e. The monoisotopic (exact) mass is 269 g/mol. The van der Waals surface area contributed by atoms with E-state index in [1.54, 1.807) is 18.2 Å². The van der Waals surface area contributed by atoms with E-state index in [9.17, 15) is 9.90 Å². The second kappa shape index (κ2) is 6.75. The van der Waals surface area contributed by atoms with Crippen LogP contribution in [0.15, 0.2) is 48.5 Å². The third kappa shape index (κ3) is 4.12. The van der Waals surface area contributed by atoms with Gasteiger partial charge in [0.15, 0.2) is 0 Å². The van der Waals surface area contributed by atoms with Crippen LogP contribution < -0.4 is 5.32 Å². The summed E-state index contributed by atoms with van der Waals surface area (Å²) in [5, 5.41) is 12.5. The first-order valence-electron chi connectivity index (χ1n) is 6.74. The Kier molecular flexibility index (Phi) is 4.77. The van der Waals surface area contributed by atoms with Gasteiger partial charge in [-0.3, -0.25) is 4.79 Å². The van der Waals surface area contributed by atoms with Crippen molar-refractivity contribution in [2.75, 3.05) is 6.54 Å². The van der Waals surface area contributed by atoms with Gasteiger partial charge in [0, 0.05) is 12.1 Å². The minimum absolute atomic E-state index is 0.0702. The van der Waals surface area contributed by atoms with Crippen molar-refractivity contribution in [3.63, 3.8) is 0 Å². The highest BCUT2D eigenvalue weighted by atomic mass is 16.3. The van der Waals surface area contributed by atoms with Crippen LogP contribution in [0, 0.1) is 6.92 Å². The number of nitrogens with one attached hydrogen (secondary N) is 1. The lowest BCUT2D eigenvalue weighted by atomic mass is 10.1. The number of phenols is 1. The van der Waals surface area contributed by atoms with E-state index < -0.39 is 0 Å². The fourth-order valence-electron chi connectivity index (χ4n) is 2.11. The number of hydrogen-bond donors (Lipinski definition) is 2. The molecule has 2 aromatic carbocycles. The summed E-state index contributed by atoms with van der Waals surface area (Å²) in [5.74, 6) is 0.0977. The van der Waals surface area contributed by atoms with E-state index in [0.717, 1.165) is 6.42 Å². The molecule has 0 aliphatic heterocycles. The number of phenolic OH excluding ortho intramolecular Hbond substituents is 1. The topological polar surface area (TPSA) is 49.3 Å². The molecule has 0 fully saturated rings. The first-order chi connectivity index (χ1) is 9.65. The normalized spacial score (nSPS) is 10.2. The molecule has 0 aromatic heterocycles. The van der Waals surface area contributed by atoms with Crippen molar-refractivity contribution >= 4 is 5.91 Å². The summed E-state index contributed by atoms with van der Waals surface area (Å²) >= 11 is 0. The SMILES string of the molecule is Cc1cccc(CCNC(=O)Cc2ccccc2O)c1. The van der Waals surface area contributed by atoms with Crippen LogP contribution in [0.2, 0.25) is 0 Å². The molecule has 2 rings (SSSR count). The van der Waals surface area contributed by atoms with Crippen LogP contribution >= 0.6 is 0 Å². The lowest BCUT2D eigenvalue weighted by molar-refractivity contribution is -0.120. The fourth-order valence-corrected chi connectivity index (χ4v) is 2.11. The van der Waals surface area contributed by atoms with Gasteiger partial charge in [0.1, 0.15) is 5.75 Å². The molecule has 0 saturated carbocycles. The van der Waals surface area contributed by atoms with E-state index in [2.05, 4.69) is 30.4 Å². The number of carbonyl (C=O) groups excluding carboxylic acids is 1. The highest BCUT2D eigenvalue weighted by Gasteiger charge is 2.06. The van der Waals surface area contributed by atoms with Crippen molar-refractivity contribution in [1.82, 2.24) is 5.32 Å². The van der Waals surface area contributed by atoms with Crippen LogP contribution in [-0.4, -0.2) is 17.6 Å². The van der Waals surface area contributed by atoms with Gasteiger partial charge in [0.05, 0.1) is 6.42 Å². The molecule has 20 heavy (non-hydrogen) atoms. The lowest BCUT2D eigenvalue weighted by Crippen LogP contribution is -2.27. The third-order valence-electron chi connectivity index (χ3n) is 3.16. The molecular weight excluding hydrogens is 250 g/mol. The van der Waals surface area contributed by atoms with Crippen molar-refractivity contribution in [2.24, 2.45) is 0 Å². The first-order valence-corrected chi connectivity index (χ1v) is 6.74. The Hall–Kier alpha value is -2.29. The largest absolute Gasteiger partial charge is 0.508 e. The van der Waals surface area contributed by atoms with Crippen molar-refractivity contribution in [3.05, 3.63) is 65.2 Å². The van der Waals surface area contributed by atoms with Crippen molar-refractivity contribution in [3.8, 4) is 5.75 Å². The van der Waals surface area contributed by atoms with E-state index in [-0.39, 0.29) is 18.1 Å². The minimum atomic E-state index is -0.0702. The molecule has 2 aromatic rings. The van der Waals surface area contributed by atoms with Gasteiger partial charge in [0.25, 0.3) is 0 Å². The fraction of sp³-hybridized carbons (Fsp3) is 0.235. The van der Waals surface area contributed by atoms with Crippen molar-refractivity contribution < 1.29 is 9.90 Å². The van der Waals surface area contributed by atoms with Crippen molar-refractivity contribution in [1.29, 1.82) is 0 Å². The Balaban J connectivity index is 1.80. The summed E-state index contributed by atoms with van der Waals surface area (Å²) in [5.41, 5.74) is 3.09. The van der Waals surface area contributed by atoms with E-state index in [1.807, 2.05) is 12.1 Å². The maximum absolute atomic E-state index is 11.8. The third-order valence-corrected chi connectivity index (χ3v) is 3.16. The standard InChI is InChI=1S/C17H19NO2/c1-13-5-4-6-14(11-13)9-10-18-17(20)12-15-7-2-3-8-16(15)19/h2-8,11,19H,9-10,12H2,1H3,(H,18,20). The molecule has 1 amide bonds. The molecule has 0 bridgehead atoms. The summed E-state index contributed by atoms with van der Waals surface area (Å²) in [6.45, 7) is 2.66. The number of hydrogen-bond acceptors (Lipinski definition) is 2. The zero-order valence-electron chi connectivity index (χ0n) is 11.6. The van der Waals surface area contributed by atoms with Crippen molar-refractivity contribution in [2.45, 2.75) is 19.8 Å². The number of para-hydroxylation sites is 1. The predicted molar refractivity (Wildman–Crippen MR) is 79.7 cm³/mol. The van der Waals surface area contributed by atoms with E-state index in [1.165, 1.54) is 11.1 Å². The Labute approximate surface area is 119 Å². The summed E-state index contributed by atoms with van der Waals surface area (Å²) in [4.78, 5) is 11.8. The van der Waals surface area contributed by atoms with Crippen LogP contribution in [0.3, 0.4) is 0 Å². The van der Waals surface area contributed by atoms with Gasteiger partial charge < -0.3 is 10.4 Å². The lowest BCUT2D eigenvalue weighted by Gasteiger charge is -2.07. The Morgan fingerprint density at radius 2 is 1.95 bits per heavy atom. The molecule has 0 heterocycles. The van der Waals surface area contributed by atoms with Gasteiger partial charge in [-0.05, 0) is 25.0 Å². The molecule has 0 saturated heterocycles. The quantitative estimate of drug-likeness (QED) is 0.876. The van der Waals surface area contributed by atoms with Crippen LogP contribution in [0.4, 0.5) is 0 Å². The average molecular weight is 269 g/mol. The van der Waals surface area contributed by atoms with Gasteiger partial charge in [-0.1, -0.05) is 48.0 Å². The molecule has 3 nitrogen and oxygen atoms in total. The number of aryl methyl sites for hydroxylation is 1. The zero-order chi connectivity index (χ0) is 14.4. The van der Waals surface area contributed by atoms with Crippen LogP contribution in [0.25, 0.3) is 0 Å². The minimum Gasteiger partial charge on any atom is -0.508 e. The summed E-state index contributed by atoms with van der Waals surface area (Å²) in [6.07, 6.45) is 1.02. The number of carbonyl (C=O) groups is 1. The second-order valence-electron chi connectivity index (χ2n) is 4.89. The molecule has 0 radical (unpaired) electrons. The van der Waals surface area contributed by atoms with Gasteiger partial charge in [0.2, 0.25) is 5.91 Å². The van der Waals surface area contributed by atoms with E-state index in [0.29, 0.717) is 12.1 Å². The van der Waals surface area contributed by atoms with Gasteiger partial charge in [-0.15, -0.1) is 0 Å². The van der Waals surface area contributed by atoms with Crippen LogP contribution in [0.1, 0.15) is 16.7 Å². The highest BCUT2D eigenvalue weighted by Crippen LogP contribution is 2.15. The second-order valence-corrected chi connectivity index (χ2v) is 4.89. The number of amides is 1. The molecule has 2 N–H and O–H groups in total. The maximum Gasteiger partial charge on any atom is 0.224 e. The van der Waals surface area contributed by atoms with E-state index in [4.69, 9.17) is 0 Å². The molecular formula is C17H19NO2. The zero-order valence-corrected chi connectivity index (χ0v) is 11.6. The number of rotatable bonds is 5. The summed E-state index contributed by atoms with van der Waals surface area (Å²) in [7, 11) is 0. The predicted octanol–water partition coefficient (Wildman–Crippen LogP) is 2.60. The Bertz CT molecular complexity index is 593. The van der Waals surface area contributed by atoms with Crippen LogP contribution in [-0.2, 0) is 17.6 Å². The van der Waals surface area contributed by atoms with Crippen LogP contribution in [0.5, 0.6) is 5.75 Å². The number of aromatic hydroxyl groups is 1. The molecule has 0 aliphatic rings. The van der Waals surface area contributed by atoms with E-state index >= 15 is 0 Å². The molecule has 0 atom stereocenters. The summed E-state index contributed by atoms with van der Waals surface area (Å²) < 4.78 is 0. The Morgan fingerprint density at radius 3 is 2.70 bits per heavy atom. The van der Waals surface area contributed by atoms with Gasteiger partial charge >= 0.3 is 0 Å². The van der Waals surface area contributed by atoms with Gasteiger partial charge in [-0.2, -0.15) is 0 Å².